The van der Waals surface area contributed by atoms with Crippen molar-refractivity contribution in [2.45, 2.75) is 70.9 Å². The molecule has 10 nitrogen and oxygen atoms in total. The Morgan fingerprint density at radius 1 is 1.15 bits per heavy atom. The highest BCUT2D eigenvalue weighted by Crippen LogP contribution is 2.36. The van der Waals surface area contributed by atoms with Crippen molar-refractivity contribution in [2.24, 2.45) is 5.92 Å². The van der Waals surface area contributed by atoms with Crippen molar-refractivity contribution in [3.05, 3.63) is 24.0 Å². The van der Waals surface area contributed by atoms with Crippen molar-refractivity contribution in [3.63, 3.8) is 0 Å². The van der Waals surface area contributed by atoms with Crippen molar-refractivity contribution in [3.8, 4) is 0 Å². The highest BCUT2D eigenvalue weighted by Gasteiger charge is 2.47. The Labute approximate surface area is 232 Å². The lowest BCUT2D eigenvalue weighted by atomic mass is 9.91. The third-order valence-electron chi connectivity index (χ3n) is 8.05. The normalized spacial score (nSPS) is 23.0. The second-order valence-electron chi connectivity index (χ2n) is 12.2. The molecule has 2 aromatic heterocycles. The quantitative estimate of drug-likeness (QED) is 0.598. The standard InChI is InChI=1S/C28H38F2N6O4/c1-18-15-36(24-22(18)13-21(14-31-24)35-12-8-23(37)32-25(35)38)20-6-9-33(10-7-20)16-19-5-11-34(17-28(19,29)30)26(39)40-27(2,3)4/h13-15,19-20H,5-12,16-17H2,1-4H3,(H,32,37,38). The zero-order valence-electron chi connectivity index (χ0n) is 23.6. The second-order valence-corrected chi connectivity index (χ2v) is 12.2. The summed E-state index contributed by atoms with van der Waals surface area (Å²) in [6.07, 6.45) is 5.16. The summed E-state index contributed by atoms with van der Waals surface area (Å²) in [7, 11) is 0. The third-order valence-corrected chi connectivity index (χ3v) is 8.05. The van der Waals surface area contributed by atoms with Crippen LogP contribution in [-0.2, 0) is 9.53 Å². The van der Waals surface area contributed by atoms with Crippen molar-refractivity contribution in [2.75, 3.05) is 44.2 Å². The van der Waals surface area contributed by atoms with Gasteiger partial charge in [0.2, 0.25) is 5.91 Å². The number of rotatable bonds is 4. The molecule has 12 heteroatoms. The molecular formula is C28H38F2N6O4. The summed E-state index contributed by atoms with van der Waals surface area (Å²) in [6.45, 7) is 8.86. The van der Waals surface area contributed by atoms with Gasteiger partial charge in [-0.25, -0.2) is 23.4 Å². The fourth-order valence-corrected chi connectivity index (χ4v) is 5.90. The van der Waals surface area contributed by atoms with Crippen LogP contribution >= 0.6 is 0 Å². The molecule has 218 valence electrons. The maximum Gasteiger partial charge on any atom is 0.410 e. The summed E-state index contributed by atoms with van der Waals surface area (Å²) >= 11 is 0. The molecule has 0 aromatic carbocycles. The predicted octanol–water partition coefficient (Wildman–Crippen LogP) is 4.32. The van der Waals surface area contributed by atoms with Crippen molar-refractivity contribution < 1.29 is 27.9 Å². The van der Waals surface area contributed by atoms with Gasteiger partial charge in [0.25, 0.3) is 5.92 Å². The number of aryl methyl sites for hydroxylation is 1. The van der Waals surface area contributed by atoms with Gasteiger partial charge in [-0.05, 0) is 58.6 Å². The van der Waals surface area contributed by atoms with Crippen LogP contribution in [0.3, 0.4) is 0 Å². The van der Waals surface area contributed by atoms with Crippen LogP contribution in [0.15, 0.2) is 18.5 Å². The Hall–Kier alpha value is -3.28. The minimum atomic E-state index is -2.97. The van der Waals surface area contributed by atoms with Gasteiger partial charge in [0.15, 0.2) is 0 Å². The van der Waals surface area contributed by atoms with Gasteiger partial charge < -0.3 is 19.1 Å². The van der Waals surface area contributed by atoms with E-state index in [0.717, 1.165) is 34.3 Å². The number of piperidine rings is 2. The van der Waals surface area contributed by atoms with Crippen molar-refractivity contribution >= 4 is 34.8 Å². The van der Waals surface area contributed by atoms with Crippen LogP contribution in [0.4, 0.5) is 24.1 Å². The van der Waals surface area contributed by atoms with Crippen LogP contribution in [0.5, 0.6) is 0 Å². The average molecular weight is 561 g/mol. The van der Waals surface area contributed by atoms with E-state index in [0.29, 0.717) is 31.9 Å². The molecule has 0 spiro atoms. The number of ether oxygens (including phenoxy) is 1. The number of nitrogens with zero attached hydrogens (tertiary/aromatic N) is 5. The maximum absolute atomic E-state index is 15.1. The monoisotopic (exact) mass is 560 g/mol. The number of hydrogen-bond acceptors (Lipinski definition) is 6. The molecule has 1 unspecified atom stereocenters. The van der Waals surface area contributed by atoms with Gasteiger partial charge in [-0.1, -0.05) is 0 Å². The molecule has 5 rings (SSSR count). The third kappa shape index (κ3) is 5.91. The summed E-state index contributed by atoms with van der Waals surface area (Å²) < 4.78 is 37.6. The number of aromatic nitrogens is 2. The first-order valence-electron chi connectivity index (χ1n) is 14.0. The minimum absolute atomic E-state index is 0.191. The molecular weight excluding hydrogens is 522 g/mol. The first-order chi connectivity index (χ1) is 18.8. The molecule has 0 saturated carbocycles. The van der Waals surface area contributed by atoms with Crippen LogP contribution in [0.25, 0.3) is 11.0 Å². The fraction of sp³-hybridized carbons (Fsp3) is 0.643. The van der Waals surface area contributed by atoms with E-state index in [1.807, 2.05) is 13.0 Å². The smallest absolute Gasteiger partial charge is 0.410 e. The van der Waals surface area contributed by atoms with E-state index in [9.17, 15) is 14.4 Å². The zero-order valence-corrected chi connectivity index (χ0v) is 23.6. The fourth-order valence-electron chi connectivity index (χ4n) is 5.90. The van der Waals surface area contributed by atoms with Gasteiger partial charge in [0.05, 0.1) is 18.4 Å². The molecule has 3 aliphatic rings. The number of likely N-dealkylation sites (tertiary alicyclic amines) is 2. The number of hydrogen-bond donors (Lipinski definition) is 1. The second kappa shape index (κ2) is 10.6. The van der Waals surface area contributed by atoms with Gasteiger partial charge in [-0.3, -0.25) is 15.0 Å². The van der Waals surface area contributed by atoms with Gasteiger partial charge in [-0.15, -0.1) is 0 Å². The lowest BCUT2D eigenvalue weighted by Crippen LogP contribution is -2.54. The van der Waals surface area contributed by atoms with E-state index in [2.05, 4.69) is 26.0 Å². The topological polar surface area (TPSA) is 100 Å². The lowest BCUT2D eigenvalue weighted by molar-refractivity contribution is -0.120. The largest absolute Gasteiger partial charge is 0.444 e. The number of fused-ring (bicyclic) bond motifs is 1. The maximum atomic E-state index is 15.1. The van der Waals surface area contributed by atoms with E-state index in [1.54, 1.807) is 27.0 Å². The SMILES string of the molecule is Cc1cn(C2CCN(CC3CCN(C(=O)OC(C)(C)C)CC3(F)F)CC2)c2ncc(N3CCC(=O)NC3=O)cc12. The Morgan fingerprint density at radius 3 is 2.52 bits per heavy atom. The number of halogens is 2. The highest BCUT2D eigenvalue weighted by molar-refractivity contribution is 6.06. The molecule has 3 saturated heterocycles. The first-order valence-corrected chi connectivity index (χ1v) is 14.0. The predicted molar refractivity (Wildman–Crippen MR) is 146 cm³/mol. The first kappa shape index (κ1) is 28.3. The molecule has 4 amide bonds. The van der Waals surface area contributed by atoms with E-state index in [4.69, 9.17) is 4.74 Å². The zero-order chi connectivity index (χ0) is 28.8. The Kier molecular flexibility index (Phi) is 7.49. The van der Waals surface area contributed by atoms with E-state index >= 15 is 8.78 Å². The molecule has 1 N–H and O–H groups in total. The van der Waals surface area contributed by atoms with Crippen molar-refractivity contribution in [1.29, 1.82) is 0 Å². The van der Waals surface area contributed by atoms with Crippen LogP contribution in [0.2, 0.25) is 0 Å². The van der Waals surface area contributed by atoms with Crippen molar-refractivity contribution in [1.82, 2.24) is 24.7 Å². The minimum Gasteiger partial charge on any atom is -0.444 e. The summed E-state index contributed by atoms with van der Waals surface area (Å²) in [5.74, 6) is -4.06. The Morgan fingerprint density at radius 2 is 1.88 bits per heavy atom. The molecule has 40 heavy (non-hydrogen) atoms. The van der Waals surface area contributed by atoms with E-state index in [1.165, 1.54) is 4.90 Å². The molecule has 3 fully saturated rings. The molecule has 0 bridgehead atoms. The average Bonchev–Trinajstić information content (AvgIpc) is 3.20. The summed E-state index contributed by atoms with van der Waals surface area (Å²) in [5, 5.41) is 3.29. The summed E-state index contributed by atoms with van der Waals surface area (Å²) in [6, 6.07) is 1.68. The van der Waals surface area contributed by atoms with Gasteiger partial charge in [-0.2, -0.15) is 0 Å². The number of anilines is 1. The van der Waals surface area contributed by atoms with Crippen LogP contribution in [0, 0.1) is 12.8 Å². The number of urea groups is 1. The number of imide groups is 1. The van der Waals surface area contributed by atoms with E-state index < -0.39 is 36.1 Å². The van der Waals surface area contributed by atoms with Gasteiger partial charge in [0, 0.05) is 62.7 Å². The molecule has 1 atom stereocenters. The molecule has 5 heterocycles. The summed E-state index contributed by atoms with van der Waals surface area (Å²) in [4.78, 5) is 45.5. The lowest BCUT2D eigenvalue weighted by Gasteiger charge is -2.42. The summed E-state index contributed by atoms with van der Waals surface area (Å²) in [5.41, 5.74) is 1.79. The van der Waals surface area contributed by atoms with Gasteiger partial charge >= 0.3 is 12.1 Å². The number of amides is 4. The number of carbonyl (C=O) groups is 3. The molecule has 2 aromatic rings. The van der Waals surface area contributed by atoms with Gasteiger partial charge in [0.1, 0.15) is 11.2 Å². The number of pyridine rings is 1. The Bertz CT molecular complexity index is 1300. The molecule has 0 radical (unpaired) electrons. The van der Waals surface area contributed by atoms with E-state index in [-0.39, 0.29) is 31.3 Å². The van der Waals surface area contributed by atoms with Crippen LogP contribution < -0.4 is 10.2 Å². The molecule has 0 aliphatic carbocycles. The van der Waals surface area contributed by atoms with Crippen LogP contribution in [0.1, 0.15) is 58.1 Å². The van der Waals surface area contributed by atoms with Crippen LogP contribution in [-0.4, -0.2) is 88.2 Å². The molecule has 3 aliphatic heterocycles. The number of nitrogens with one attached hydrogen (secondary N) is 1. The Balaban J connectivity index is 1.19. The number of alkyl halides is 2. The number of carbonyl (C=O) groups excluding carboxylic acids is 3. The highest BCUT2D eigenvalue weighted by atomic mass is 19.3.